The number of hydrogen-bond acceptors (Lipinski definition) is 2. The minimum atomic E-state index is -1.11. The minimum absolute atomic E-state index is 0.00926. The fourth-order valence-electron chi connectivity index (χ4n) is 2.20. The first-order chi connectivity index (χ1) is 9.90. The Hall–Kier alpha value is -2.69. The van der Waals surface area contributed by atoms with Gasteiger partial charge in [-0.25, -0.2) is 9.18 Å². The molecule has 5 heteroatoms. The van der Waals surface area contributed by atoms with E-state index in [1.807, 2.05) is 0 Å². The summed E-state index contributed by atoms with van der Waals surface area (Å²) in [6.07, 6.45) is 2.81. The van der Waals surface area contributed by atoms with Crippen molar-refractivity contribution in [1.29, 1.82) is 0 Å². The Bertz CT molecular complexity index is 744. The van der Waals surface area contributed by atoms with Crippen LogP contribution in [0.1, 0.15) is 37.7 Å². The van der Waals surface area contributed by atoms with E-state index in [0.29, 0.717) is 22.4 Å². The Morgan fingerprint density at radius 3 is 2.57 bits per heavy atom. The highest BCUT2D eigenvalue weighted by atomic mass is 19.1. The highest BCUT2D eigenvalue weighted by molar-refractivity contribution is 6.10. The number of carboxylic acid groups (broad SMARTS) is 1. The molecule has 0 amide bonds. The molecule has 0 unspecified atom stereocenters. The molecule has 1 aromatic heterocycles. The summed E-state index contributed by atoms with van der Waals surface area (Å²) in [5.41, 5.74) is 1.80. The van der Waals surface area contributed by atoms with Gasteiger partial charge < -0.3 is 10.1 Å². The van der Waals surface area contributed by atoms with Crippen molar-refractivity contribution in [2.24, 2.45) is 0 Å². The second-order valence-electron chi connectivity index (χ2n) is 4.68. The van der Waals surface area contributed by atoms with Crippen LogP contribution in [0, 0.1) is 19.7 Å². The van der Waals surface area contributed by atoms with E-state index in [0.717, 1.165) is 0 Å². The molecule has 0 aliphatic carbocycles. The second kappa shape index (κ2) is 5.75. The number of carbonyl (C=O) groups excluding carboxylic acids is 1. The summed E-state index contributed by atoms with van der Waals surface area (Å²) in [4.78, 5) is 25.9. The first-order valence-corrected chi connectivity index (χ1v) is 6.30. The van der Waals surface area contributed by atoms with Gasteiger partial charge in [0.15, 0.2) is 5.78 Å². The second-order valence-corrected chi connectivity index (χ2v) is 4.68. The van der Waals surface area contributed by atoms with Crippen molar-refractivity contribution in [3.63, 3.8) is 0 Å². The number of carboxylic acids is 1. The number of nitrogens with one attached hydrogen (secondary N) is 1. The molecule has 1 aromatic carbocycles. The van der Waals surface area contributed by atoms with Gasteiger partial charge in [0.2, 0.25) is 0 Å². The molecular formula is C16H14FNO3. The number of aromatic nitrogens is 1. The summed E-state index contributed by atoms with van der Waals surface area (Å²) >= 11 is 0. The van der Waals surface area contributed by atoms with Crippen molar-refractivity contribution in [1.82, 2.24) is 4.98 Å². The topological polar surface area (TPSA) is 70.2 Å². The largest absolute Gasteiger partial charge is 0.477 e. The van der Waals surface area contributed by atoms with Crippen LogP contribution in [0.25, 0.3) is 6.08 Å². The molecule has 0 aliphatic heterocycles. The molecule has 1 heterocycles. The lowest BCUT2D eigenvalue weighted by Gasteiger charge is -1.97. The highest BCUT2D eigenvalue weighted by Gasteiger charge is 2.19. The molecule has 0 bridgehead atoms. The van der Waals surface area contributed by atoms with Gasteiger partial charge in [-0.15, -0.1) is 0 Å². The quantitative estimate of drug-likeness (QED) is 0.669. The Balaban J connectivity index is 2.31. The average Bonchev–Trinajstić information content (AvgIpc) is 2.72. The molecule has 0 aliphatic rings. The SMILES string of the molecule is Cc1[nH]c(C(=O)O)c(C)c1C(=O)/C=C/c1cccc(F)c1. The van der Waals surface area contributed by atoms with Gasteiger partial charge >= 0.3 is 5.97 Å². The molecule has 0 radical (unpaired) electrons. The van der Waals surface area contributed by atoms with Crippen LogP contribution < -0.4 is 0 Å². The number of aryl methyl sites for hydroxylation is 1. The molecular weight excluding hydrogens is 273 g/mol. The maximum Gasteiger partial charge on any atom is 0.352 e. The van der Waals surface area contributed by atoms with Crippen LogP contribution in [-0.4, -0.2) is 21.8 Å². The molecule has 2 rings (SSSR count). The normalized spacial score (nSPS) is 11.0. The standard InChI is InChI=1S/C16H14FNO3/c1-9-14(10(2)18-15(9)16(20)21)13(19)7-6-11-4-3-5-12(17)8-11/h3-8,18H,1-2H3,(H,20,21)/b7-6+. The summed E-state index contributed by atoms with van der Waals surface area (Å²) in [6.45, 7) is 3.22. The number of carbonyl (C=O) groups is 2. The van der Waals surface area contributed by atoms with Crippen molar-refractivity contribution in [3.05, 3.63) is 64.2 Å². The van der Waals surface area contributed by atoms with E-state index >= 15 is 0 Å². The number of H-pyrrole nitrogens is 1. The highest BCUT2D eigenvalue weighted by Crippen LogP contribution is 2.19. The first-order valence-electron chi connectivity index (χ1n) is 6.30. The predicted octanol–water partition coefficient (Wildman–Crippen LogP) is 3.36. The maximum absolute atomic E-state index is 13.0. The molecule has 0 saturated heterocycles. The van der Waals surface area contributed by atoms with Crippen LogP contribution in [0.5, 0.6) is 0 Å². The van der Waals surface area contributed by atoms with Crippen molar-refractivity contribution in [2.45, 2.75) is 13.8 Å². The van der Waals surface area contributed by atoms with Gasteiger partial charge in [0.1, 0.15) is 11.5 Å². The van der Waals surface area contributed by atoms with Crippen molar-refractivity contribution in [2.75, 3.05) is 0 Å². The Labute approximate surface area is 120 Å². The lowest BCUT2D eigenvalue weighted by molar-refractivity contribution is 0.0690. The molecule has 0 spiro atoms. The van der Waals surface area contributed by atoms with E-state index in [9.17, 15) is 14.0 Å². The van der Waals surface area contributed by atoms with Crippen LogP contribution in [0.4, 0.5) is 4.39 Å². The Morgan fingerprint density at radius 2 is 2.00 bits per heavy atom. The van der Waals surface area contributed by atoms with Crippen LogP contribution in [0.3, 0.4) is 0 Å². The van der Waals surface area contributed by atoms with Crippen LogP contribution in [0.15, 0.2) is 30.3 Å². The molecule has 108 valence electrons. The summed E-state index contributed by atoms with van der Waals surface area (Å²) in [5.74, 6) is -1.81. The number of aromatic carboxylic acids is 1. The van der Waals surface area contributed by atoms with E-state index in [-0.39, 0.29) is 17.3 Å². The summed E-state index contributed by atoms with van der Waals surface area (Å²) in [6, 6.07) is 5.85. The molecule has 2 N–H and O–H groups in total. The zero-order valence-electron chi connectivity index (χ0n) is 11.6. The van der Waals surface area contributed by atoms with Crippen LogP contribution in [0.2, 0.25) is 0 Å². The lowest BCUT2D eigenvalue weighted by Crippen LogP contribution is -2.01. The Kier molecular flexibility index (Phi) is 4.03. The molecule has 0 saturated carbocycles. The first kappa shape index (κ1) is 14.7. The zero-order chi connectivity index (χ0) is 15.6. The number of halogens is 1. The van der Waals surface area contributed by atoms with E-state index in [1.54, 1.807) is 26.0 Å². The van der Waals surface area contributed by atoms with Gasteiger partial charge in [0.25, 0.3) is 0 Å². The van der Waals surface area contributed by atoms with E-state index in [2.05, 4.69) is 4.98 Å². The minimum Gasteiger partial charge on any atom is -0.477 e. The third-order valence-corrected chi connectivity index (χ3v) is 3.17. The molecule has 0 atom stereocenters. The summed E-state index contributed by atoms with van der Waals surface area (Å²) in [7, 11) is 0. The van der Waals surface area contributed by atoms with Crippen LogP contribution in [-0.2, 0) is 0 Å². The number of benzene rings is 1. The van der Waals surface area contributed by atoms with Gasteiger partial charge in [-0.05, 0) is 43.2 Å². The molecule has 0 fully saturated rings. The van der Waals surface area contributed by atoms with E-state index in [1.165, 1.54) is 24.3 Å². The lowest BCUT2D eigenvalue weighted by atomic mass is 10.0. The number of hydrogen-bond donors (Lipinski definition) is 2. The number of aromatic amines is 1. The maximum atomic E-state index is 13.0. The van der Waals surface area contributed by atoms with Crippen LogP contribution >= 0.6 is 0 Å². The number of allylic oxidation sites excluding steroid dienone is 1. The van der Waals surface area contributed by atoms with Gasteiger partial charge in [0, 0.05) is 11.3 Å². The fourth-order valence-corrected chi connectivity index (χ4v) is 2.20. The Morgan fingerprint density at radius 1 is 1.29 bits per heavy atom. The van der Waals surface area contributed by atoms with E-state index < -0.39 is 5.97 Å². The summed E-state index contributed by atoms with van der Waals surface area (Å²) in [5, 5.41) is 9.02. The molecule has 4 nitrogen and oxygen atoms in total. The van der Waals surface area contributed by atoms with Gasteiger partial charge in [-0.1, -0.05) is 18.2 Å². The molecule has 2 aromatic rings. The number of rotatable bonds is 4. The molecule has 21 heavy (non-hydrogen) atoms. The smallest absolute Gasteiger partial charge is 0.352 e. The zero-order valence-corrected chi connectivity index (χ0v) is 11.6. The van der Waals surface area contributed by atoms with Crippen molar-refractivity contribution >= 4 is 17.8 Å². The monoisotopic (exact) mass is 287 g/mol. The predicted molar refractivity (Wildman–Crippen MR) is 77.0 cm³/mol. The van der Waals surface area contributed by atoms with Crippen molar-refractivity contribution < 1.29 is 19.1 Å². The summed E-state index contributed by atoms with van der Waals surface area (Å²) < 4.78 is 13.0. The van der Waals surface area contributed by atoms with Crippen molar-refractivity contribution in [3.8, 4) is 0 Å². The van der Waals surface area contributed by atoms with Gasteiger partial charge in [-0.3, -0.25) is 4.79 Å². The average molecular weight is 287 g/mol. The number of ketones is 1. The van der Waals surface area contributed by atoms with Gasteiger partial charge in [-0.2, -0.15) is 0 Å². The third-order valence-electron chi connectivity index (χ3n) is 3.17. The fraction of sp³-hybridized carbons (Fsp3) is 0.125. The third kappa shape index (κ3) is 3.08. The van der Waals surface area contributed by atoms with Gasteiger partial charge in [0.05, 0.1) is 0 Å². The van der Waals surface area contributed by atoms with E-state index in [4.69, 9.17) is 5.11 Å².